The van der Waals surface area contributed by atoms with Crippen LogP contribution in [0, 0.1) is 5.92 Å². The first kappa shape index (κ1) is 13.4. The van der Waals surface area contributed by atoms with Gasteiger partial charge in [-0.3, -0.25) is 4.79 Å². The maximum absolute atomic E-state index is 12.2. The van der Waals surface area contributed by atoms with Crippen molar-refractivity contribution in [2.75, 3.05) is 11.9 Å². The largest absolute Gasteiger partial charge is 0.383 e. The maximum Gasteiger partial charge on any atom is 0.226 e. The number of amides is 1. The first-order valence-corrected chi connectivity index (χ1v) is 7.47. The molecule has 1 amide bonds. The molecule has 3 rings (SSSR count). The van der Waals surface area contributed by atoms with Crippen LogP contribution >= 0.6 is 0 Å². The van der Waals surface area contributed by atoms with E-state index < -0.39 is 0 Å². The summed E-state index contributed by atoms with van der Waals surface area (Å²) in [7, 11) is 0. The van der Waals surface area contributed by atoms with Gasteiger partial charge in [-0.1, -0.05) is 18.2 Å². The molecule has 0 saturated carbocycles. The van der Waals surface area contributed by atoms with E-state index in [4.69, 9.17) is 4.74 Å². The fourth-order valence-corrected chi connectivity index (χ4v) is 3.14. The van der Waals surface area contributed by atoms with E-state index in [1.54, 1.807) is 0 Å². The van der Waals surface area contributed by atoms with Crippen molar-refractivity contribution in [3.8, 4) is 0 Å². The number of ether oxygens (including phenoxy) is 1. The zero-order valence-electron chi connectivity index (χ0n) is 11.8. The number of fused-ring (bicyclic) bond motifs is 2. The second-order valence-corrected chi connectivity index (χ2v) is 5.87. The second-order valence-electron chi connectivity index (χ2n) is 5.87. The van der Waals surface area contributed by atoms with Crippen molar-refractivity contribution < 1.29 is 9.53 Å². The van der Waals surface area contributed by atoms with Crippen LogP contribution in [0.4, 0.5) is 5.69 Å². The van der Waals surface area contributed by atoms with Gasteiger partial charge in [-0.15, -0.1) is 0 Å². The van der Waals surface area contributed by atoms with Crippen LogP contribution in [0.15, 0.2) is 30.3 Å². The Bertz CT molecular complexity index is 463. The number of nitrogens with one attached hydrogen (secondary N) is 2. The van der Waals surface area contributed by atoms with Crippen LogP contribution in [0.25, 0.3) is 0 Å². The molecule has 4 nitrogen and oxygen atoms in total. The highest BCUT2D eigenvalue weighted by Crippen LogP contribution is 2.38. The van der Waals surface area contributed by atoms with E-state index in [1.807, 2.05) is 37.3 Å². The lowest BCUT2D eigenvalue weighted by atomic mass is 9.88. The molecular formula is C16H22N2O2. The summed E-state index contributed by atoms with van der Waals surface area (Å²) in [5, 5.41) is 6.42. The van der Waals surface area contributed by atoms with E-state index in [1.165, 1.54) is 0 Å². The lowest BCUT2D eigenvalue weighted by molar-refractivity contribution is -0.127. The number of anilines is 1. The van der Waals surface area contributed by atoms with Crippen LogP contribution in [0.2, 0.25) is 0 Å². The molecular weight excluding hydrogens is 252 g/mol. The van der Waals surface area contributed by atoms with Gasteiger partial charge < -0.3 is 15.4 Å². The second kappa shape index (κ2) is 5.83. The molecule has 4 heteroatoms. The van der Waals surface area contributed by atoms with Gasteiger partial charge in [0.25, 0.3) is 0 Å². The molecule has 0 spiro atoms. The molecule has 0 aliphatic carbocycles. The fraction of sp³-hybridized carbons (Fsp3) is 0.562. The summed E-state index contributed by atoms with van der Waals surface area (Å²) in [5.41, 5.74) is 1.08. The van der Waals surface area contributed by atoms with Gasteiger partial charge in [-0.05, 0) is 38.3 Å². The van der Waals surface area contributed by atoms with Crippen molar-refractivity contribution >= 4 is 11.6 Å². The molecule has 1 aromatic rings. The minimum atomic E-state index is 0.0629. The average Bonchev–Trinajstić information content (AvgIpc) is 3.09. The SMILES string of the molecule is CC(CNc1ccccc1)NC(=O)C1CC2CCC1O2. The van der Waals surface area contributed by atoms with E-state index in [0.29, 0.717) is 6.10 Å². The third-order valence-electron chi connectivity index (χ3n) is 4.22. The molecule has 1 aromatic carbocycles. The van der Waals surface area contributed by atoms with Gasteiger partial charge in [0.2, 0.25) is 5.91 Å². The molecule has 0 aromatic heterocycles. The summed E-state index contributed by atoms with van der Waals surface area (Å²) in [5.74, 6) is 0.215. The number of carbonyl (C=O) groups excluding carboxylic acids is 1. The normalized spacial score (nSPS) is 29.1. The highest BCUT2D eigenvalue weighted by molar-refractivity contribution is 5.80. The maximum atomic E-state index is 12.2. The smallest absolute Gasteiger partial charge is 0.226 e. The zero-order chi connectivity index (χ0) is 13.9. The van der Waals surface area contributed by atoms with Crippen molar-refractivity contribution in [1.29, 1.82) is 0 Å². The minimum Gasteiger partial charge on any atom is -0.383 e. The van der Waals surface area contributed by atoms with E-state index in [9.17, 15) is 4.79 Å². The number of hydrogen-bond donors (Lipinski definition) is 2. The van der Waals surface area contributed by atoms with Gasteiger partial charge in [0.1, 0.15) is 0 Å². The molecule has 2 aliphatic rings. The molecule has 0 radical (unpaired) electrons. The fourth-order valence-electron chi connectivity index (χ4n) is 3.14. The summed E-state index contributed by atoms with van der Waals surface area (Å²) >= 11 is 0. The first-order valence-electron chi connectivity index (χ1n) is 7.47. The van der Waals surface area contributed by atoms with Gasteiger partial charge >= 0.3 is 0 Å². The molecule has 2 bridgehead atoms. The van der Waals surface area contributed by atoms with E-state index in [-0.39, 0.29) is 24.0 Å². The predicted octanol–water partition coefficient (Wildman–Crippen LogP) is 2.17. The Morgan fingerprint density at radius 1 is 1.35 bits per heavy atom. The quantitative estimate of drug-likeness (QED) is 0.865. The van der Waals surface area contributed by atoms with Crippen LogP contribution in [0.1, 0.15) is 26.2 Å². The van der Waals surface area contributed by atoms with Crippen LogP contribution in [0.5, 0.6) is 0 Å². The lowest BCUT2D eigenvalue weighted by Gasteiger charge is -2.21. The Morgan fingerprint density at radius 2 is 2.15 bits per heavy atom. The Morgan fingerprint density at radius 3 is 2.80 bits per heavy atom. The van der Waals surface area contributed by atoms with E-state index in [0.717, 1.165) is 31.5 Å². The van der Waals surface area contributed by atoms with Crippen molar-refractivity contribution in [2.24, 2.45) is 5.92 Å². The number of para-hydroxylation sites is 1. The molecule has 20 heavy (non-hydrogen) atoms. The first-order chi connectivity index (χ1) is 9.72. The van der Waals surface area contributed by atoms with Gasteiger partial charge in [0.05, 0.1) is 18.1 Å². The molecule has 108 valence electrons. The minimum absolute atomic E-state index is 0.0629. The number of carbonyl (C=O) groups is 1. The summed E-state index contributed by atoms with van der Waals surface area (Å²) in [4.78, 5) is 12.2. The molecule has 4 unspecified atom stereocenters. The predicted molar refractivity (Wildman–Crippen MR) is 78.5 cm³/mol. The number of rotatable bonds is 5. The third kappa shape index (κ3) is 2.96. The zero-order valence-corrected chi connectivity index (χ0v) is 11.8. The van der Waals surface area contributed by atoms with Crippen LogP contribution in [-0.4, -0.2) is 30.7 Å². The van der Waals surface area contributed by atoms with Crippen LogP contribution in [0.3, 0.4) is 0 Å². The summed E-state index contributed by atoms with van der Waals surface area (Å²) < 4.78 is 5.74. The summed E-state index contributed by atoms with van der Waals surface area (Å²) in [6.07, 6.45) is 3.55. The van der Waals surface area contributed by atoms with Crippen LogP contribution in [-0.2, 0) is 9.53 Å². The van der Waals surface area contributed by atoms with Gasteiger partial charge in [-0.25, -0.2) is 0 Å². The Labute approximate surface area is 119 Å². The van der Waals surface area contributed by atoms with Crippen molar-refractivity contribution in [3.63, 3.8) is 0 Å². The van der Waals surface area contributed by atoms with Gasteiger partial charge in [0.15, 0.2) is 0 Å². The van der Waals surface area contributed by atoms with Gasteiger partial charge in [0, 0.05) is 18.3 Å². The van der Waals surface area contributed by atoms with Crippen molar-refractivity contribution in [2.45, 2.75) is 44.4 Å². The molecule has 2 heterocycles. The standard InChI is InChI=1S/C16H22N2O2/c1-11(10-17-12-5-3-2-4-6-12)18-16(19)14-9-13-7-8-15(14)20-13/h2-6,11,13-15,17H,7-10H2,1H3,(H,18,19). The molecule has 2 N–H and O–H groups in total. The number of hydrogen-bond acceptors (Lipinski definition) is 3. The highest BCUT2D eigenvalue weighted by Gasteiger charge is 2.44. The topological polar surface area (TPSA) is 50.4 Å². The lowest BCUT2D eigenvalue weighted by Crippen LogP contribution is -2.43. The molecule has 2 saturated heterocycles. The third-order valence-corrected chi connectivity index (χ3v) is 4.22. The Kier molecular flexibility index (Phi) is 3.92. The number of benzene rings is 1. The van der Waals surface area contributed by atoms with E-state index in [2.05, 4.69) is 10.6 Å². The van der Waals surface area contributed by atoms with Crippen LogP contribution < -0.4 is 10.6 Å². The average molecular weight is 274 g/mol. The highest BCUT2D eigenvalue weighted by atomic mass is 16.5. The van der Waals surface area contributed by atoms with Crippen molar-refractivity contribution in [1.82, 2.24) is 5.32 Å². The molecule has 4 atom stereocenters. The Balaban J connectivity index is 1.44. The molecule has 2 fully saturated rings. The Hall–Kier alpha value is -1.55. The van der Waals surface area contributed by atoms with Crippen molar-refractivity contribution in [3.05, 3.63) is 30.3 Å². The molecule has 2 aliphatic heterocycles. The monoisotopic (exact) mass is 274 g/mol. The summed E-state index contributed by atoms with van der Waals surface area (Å²) in [6.45, 7) is 2.76. The summed E-state index contributed by atoms with van der Waals surface area (Å²) in [6, 6.07) is 10.2. The van der Waals surface area contributed by atoms with E-state index >= 15 is 0 Å². The van der Waals surface area contributed by atoms with Gasteiger partial charge in [-0.2, -0.15) is 0 Å².